The molecule has 3 N–H and O–H groups in total. The number of nitrogens with zero attached hydrogens (tertiary/aromatic N) is 1. The molecule has 2 aromatic carbocycles. The SMILES string of the molecule is C[C@@H](OC(=O)CN1C(=O)CSc2ccccc21)C(=O)Nc1ccc(C(N)=O)cc1. The fourth-order valence-electron chi connectivity index (χ4n) is 2.71. The van der Waals surface area contributed by atoms with Crippen molar-refractivity contribution >= 4 is 46.8 Å². The topological polar surface area (TPSA) is 119 Å². The summed E-state index contributed by atoms with van der Waals surface area (Å²) in [5.74, 6) is -1.76. The Hall–Kier alpha value is -3.33. The van der Waals surface area contributed by atoms with Crippen LogP contribution in [0, 0.1) is 0 Å². The lowest BCUT2D eigenvalue weighted by atomic mass is 10.2. The molecule has 1 aliphatic rings. The molecule has 0 radical (unpaired) electrons. The number of hydrogen-bond acceptors (Lipinski definition) is 6. The van der Waals surface area contributed by atoms with Gasteiger partial charge in [-0.05, 0) is 43.3 Å². The van der Waals surface area contributed by atoms with Crippen molar-refractivity contribution in [2.45, 2.75) is 17.9 Å². The number of carbonyl (C=O) groups is 4. The van der Waals surface area contributed by atoms with Gasteiger partial charge in [0.05, 0.1) is 11.4 Å². The molecule has 3 amide bonds. The predicted octanol–water partition coefficient (Wildman–Crippen LogP) is 1.79. The van der Waals surface area contributed by atoms with Crippen LogP contribution in [0.4, 0.5) is 11.4 Å². The molecule has 0 aromatic heterocycles. The molecular formula is C20H19N3O5S. The zero-order chi connectivity index (χ0) is 21.0. The molecule has 0 bridgehead atoms. The smallest absolute Gasteiger partial charge is 0.326 e. The molecule has 0 saturated heterocycles. The first kappa shape index (κ1) is 20.4. The lowest BCUT2D eigenvalue weighted by Crippen LogP contribution is -2.41. The van der Waals surface area contributed by atoms with E-state index in [9.17, 15) is 19.2 Å². The largest absolute Gasteiger partial charge is 0.451 e. The Balaban J connectivity index is 1.58. The Bertz CT molecular complexity index is 961. The van der Waals surface area contributed by atoms with Gasteiger partial charge in [0.2, 0.25) is 11.8 Å². The Kier molecular flexibility index (Phi) is 6.18. The minimum atomic E-state index is -1.07. The fourth-order valence-corrected chi connectivity index (χ4v) is 3.64. The van der Waals surface area contributed by atoms with Crippen molar-refractivity contribution in [1.82, 2.24) is 0 Å². The van der Waals surface area contributed by atoms with E-state index in [1.54, 1.807) is 12.1 Å². The molecule has 0 saturated carbocycles. The van der Waals surface area contributed by atoms with E-state index in [2.05, 4.69) is 5.32 Å². The summed E-state index contributed by atoms with van der Waals surface area (Å²) in [6, 6.07) is 13.3. The van der Waals surface area contributed by atoms with Crippen LogP contribution in [0.2, 0.25) is 0 Å². The average molecular weight is 413 g/mol. The summed E-state index contributed by atoms with van der Waals surface area (Å²) < 4.78 is 5.19. The van der Waals surface area contributed by atoms with Gasteiger partial charge in [-0.3, -0.25) is 24.1 Å². The number of fused-ring (bicyclic) bond motifs is 1. The fraction of sp³-hybridized carbons (Fsp3) is 0.200. The van der Waals surface area contributed by atoms with Gasteiger partial charge in [0, 0.05) is 16.1 Å². The van der Waals surface area contributed by atoms with Crippen LogP contribution in [0.15, 0.2) is 53.4 Å². The molecule has 29 heavy (non-hydrogen) atoms. The number of carbonyl (C=O) groups excluding carboxylic acids is 4. The molecule has 9 heteroatoms. The summed E-state index contributed by atoms with van der Waals surface area (Å²) in [6.07, 6.45) is -1.07. The highest BCUT2D eigenvalue weighted by atomic mass is 32.2. The van der Waals surface area contributed by atoms with Crippen molar-refractivity contribution in [2.75, 3.05) is 22.5 Å². The zero-order valence-corrected chi connectivity index (χ0v) is 16.4. The number of nitrogens with two attached hydrogens (primary N) is 1. The van der Waals surface area contributed by atoms with E-state index in [4.69, 9.17) is 10.5 Å². The normalized spacial score (nSPS) is 14.0. The lowest BCUT2D eigenvalue weighted by Gasteiger charge is -2.28. The highest BCUT2D eigenvalue weighted by Crippen LogP contribution is 2.34. The van der Waals surface area contributed by atoms with Gasteiger partial charge in [0.25, 0.3) is 5.91 Å². The summed E-state index contributed by atoms with van der Waals surface area (Å²) >= 11 is 1.41. The number of nitrogens with one attached hydrogen (secondary N) is 1. The molecule has 2 aromatic rings. The molecular weight excluding hydrogens is 394 g/mol. The van der Waals surface area contributed by atoms with Crippen molar-refractivity contribution in [2.24, 2.45) is 5.73 Å². The second-order valence-corrected chi connectivity index (χ2v) is 7.32. The summed E-state index contributed by atoms with van der Waals surface area (Å²) in [5, 5.41) is 2.59. The van der Waals surface area contributed by atoms with E-state index in [-0.39, 0.29) is 18.2 Å². The molecule has 0 fully saturated rings. The minimum Gasteiger partial charge on any atom is -0.451 e. The molecule has 0 unspecified atom stereocenters. The molecule has 0 spiro atoms. The number of ether oxygens (including phenoxy) is 1. The number of benzene rings is 2. The van der Waals surface area contributed by atoms with Crippen molar-refractivity contribution in [1.29, 1.82) is 0 Å². The molecule has 150 valence electrons. The first-order valence-corrected chi connectivity index (χ1v) is 9.76. The van der Waals surface area contributed by atoms with Gasteiger partial charge >= 0.3 is 5.97 Å². The first-order valence-electron chi connectivity index (χ1n) is 8.77. The van der Waals surface area contributed by atoms with E-state index in [1.165, 1.54) is 47.9 Å². The number of primary amides is 1. The second kappa shape index (κ2) is 8.78. The van der Waals surface area contributed by atoms with Crippen molar-refractivity contribution < 1.29 is 23.9 Å². The van der Waals surface area contributed by atoms with Gasteiger partial charge in [-0.2, -0.15) is 0 Å². The molecule has 1 atom stereocenters. The van der Waals surface area contributed by atoms with Gasteiger partial charge in [0.1, 0.15) is 6.54 Å². The Morgan fingerprint density at radius 1 is 1.17 bits per heavy atom. The first-order chi connectivity index (χ1) is 13.8. The predicted molar refractivity (Wildman–Crippen MR) is 109 cm³/mol. The van der Waals surface area contributed by atoms with Crippen LogP contribution in [-0.4, -0.2) is 42.1 Å². The lowest BCUT2D eigenvalue weighted by molar-refractivity contribution is -0.152. The van der Waals surface area contributed by atoms with Crippen LogP contribution < -0.4 is 16.0 Å². The minimum absolute atomic E-state index is 0.197. The summed E-state index contributed by atoms with van der Waals surface area (Å²) in [4.78, 5) is 50.1. The van der Waals surface area contributed by atoms with E-state index in [0.29, 0.717) is 16.9 Å². The van der Waals surface area contributed by atoms with Gasteiger partial charge in [-0.15, -0.1) is 11.8 Å². The molecule has 8 nitrogen and oxygen atoms in total. The number of hydrogen-bond donors (Lipinski definition) is 2. The third-order valence-corrected chi connectivity index (χ3v) is 5.26. The third-order valence-electron chi connectivity index (χ3n) is 4.21. The van der Waals surface area contributed by atoms with E-state index in [1.807, 2.05) is 12.1 Å². The van der Waals surface area contributed by atoms with Crippen LogP contribution in [0.5, 0.6) is 0 Å². The van der Waals surface area contributed by atoms with Crippen LogP contribution in [-0.2, 0) is 19.1 Å². The number of anilines is 2. The summed E-state index contributed by atoms with van der Waals surface area (Å²) in [6.45, 7) is 1.16. The molecule has 1 heterocycles. The Morgan fingerprint density at radius 2 is 1.86 bits per heavy atom. The molecule has 3 rings (SSSR count). The van der Waals surface area contributed by atoms with E-state index < -0.39 is 23.9 Å². The van der Waals surface area contributed by atoms with Crippen molar-refractivity contribution in [3.05, 3.63) is 54.1 Å². The Labute approximate surface area is 171 Å². The van der Waals surface area contributed by atoms with Crippen LogP contribution in [0.25, 0.3) is 0 Å². The van der Waals surface area contributed by atoms with Crippen LogP contribution in [0.1, 0.15) is 17.3 Å². The maximum Gasteiger partial charge on any atom is 0.326 e. The second-order valence-electron chi connectivity index (χ2n) is 6.30. The van der Waals surface area contributed by atoms with Crippen LogP contribution in [0.3, 0.4) is 0 Å². The maximum absolute atomic E-state index is 12.3. The number of esters is 1. The van der Waals surface area contributed by atoms with Gasteiger partial charge in [-0.1, -0.05) is 12.1 Å². The summed E-state index contributed by atoms with van der Waals surface area (Å²) in [5.41, 5.74) is 6.56. The molecule has 0 aliphatic carbocycles. The van der Waals surface area contributed by atoms with E-state index in [0.717, 1.165) is 4.90 Å². The molecule has 1 aliphatic heterocycles. The number of thioether (sulfide) groups is 1. The summed E-state index contributed by atoms with van der Waals surface area (Å²) in [7, 11) is 0. The van der Waals surface area contributed by atoms with Gasteiger partial charge in [0.15, 0.2) is 6.10 Å². The van der Waals surface area contributed by atoms with Gasteiger partial charge < -0.3 is 15.8 Å². The van der Waals surface area contributed by atoms with Crippen LogP contribution >= 0.6 is 11.8 Å². The average Bonchev–Trinajstić information content (AvgIpc) is 2.70. The Morgan fingerprint density at radius 3 is 2.55 bits per heavy atom. The highest BCUT2D eigenvalue weighted by molar-refractivity contribution is 8.00. The van der Waals surface area contributed by atoms with Gasteiger partial charge in [-0.25, -0.2) is 0 Å². The highest BCUT2D eigenvalue weighted by Gasteiger charge is 2.28. The number of rotatable bonds is 6. The standard InChI is InChI=1S/C20H19N3O5S/c1-12(20(27)22-14-8-6-13(7-9-14)19(21)26)28-18(25)10-23-15-4-2-3-5-16(15)29-11-17(23)24/h2-9,12H,10-11H2,1H3,(H2,21,26)(H,22,27)/t12-/m1/s1. The number of amides is 3. The zero-order valence-electron chi connectivity index (χ0n) is 15.6. The van der Waals surface area contributed by atoms with E-state index >= 15 is 0 Å². The number of para-hydroxylation sites is 1. The maximum atomic E-state index is 12.3. The quantitative estimate of drug-likeness (QED) is 0.697. The third kappa shape index (κ3) is 4.94. The van der Waals surface area contributed by atoms with Crippen molar-refractivity contribution in [3.8, 4) is 0 Å². The monoisotopic (exact) mass is 413 g/mol. The van der Waals surface area contributed by atoms with Crippen molar-refractivity contribution in [3.63, 3.8) is 0 Å².